The second-order valence-electron chi connectivity index (χ2n) is 6.48. The van der Waals surface area contributed by atoms with Crippen LogP contribution in [-0.4, -0.2) is 43.6 Å². The third-order valence-electron chi connectivity index (χ3n) is 4.93. The molecule has 1 aromatic heterocycles. The van der Waals surface area contributed by atoms with E-state index >= 15 is 0 Å². The van der Waals surface area contributed by atoms with Crippen molar-refractivity contribution in [3.05, 3.63) is 53.9 Å². The lowest BCUT2D eigenvalue weighted by atomic mass is 9.93. The fraction of sp³-hybridized carbons (Fsp3) is 0.400. The van der Waals surface area contributed by atoms with Gasteiger partial charge >= 0.3 is 0 Å². The number of likely N-dealkylation sites (N-methyl/N-ethyl adjacent to an activating group) is 1. The first-order valence-corrected chi connectivity index (χ1v) is 8.48. The highest BCUT2D eigenvalue weighted by molar-refractivity contribution is 5.91. The van der Waals surface area contributed by atoms with Crippen molar-refractivity contribution >= 4 is 5.91 Å². The number of hydrogen-bond donors (Lipinski definition) is 0. The molecular formula is C20H24N2O3. The molecule has 1 amide bonds. The van der Waals surface area contributed by atoms with E-state index in [1.54, 1.807) is 26.6 Å². The predicted molar refractivity (Wildman–Crippen MR) is 96.0 cm³/mol. The van der Waals surface area contributed by atoms with Crippen molar-refractivity contribution in [2.24, 2.45) is 0 Å². The molecule has 2 aromatic rings. The Morgan fingerprint density at radius 3 is 2.40 bits per heavy atom. The average molecular weight is 340 g/mol. The molecule has 3 rings (SSSR count). The van der Waals surface area contributed by atoms with Gasteiger partial charge in [0.05, 0.1) is 19.6 Å². The third kappa shape index (κ3) is 3.45. The Labute approximate surface area is 148 Å². The van der Waals surface area contributed by atoms with Gasteiger partial charge in [-0.3, -0.25) is 9.78 Å². The Kier molecular flexibility index (Phi) is 4.93. The lowest BCUT2D eigenvalue weighted by molar-refractivity contribution is -0.132. The molecule has 0 bridgehead atoms. The summed E-state index contributed by atoms with van der Waals surface area (Å²) in [4.78, 5) is 18.9. The van der Waals surface area contributed by atoms with Gasteiger partial charge in [0.25, 0.3) is 0 Å². The van der Waals surface area contributed by atoms with Gasteiger partial charge < -0.3 is 14.4 Å². The maximum Gasteiger partial charge on any atom is 0.232 e. The third-order valence-corrected chi connectivity index (χ3v) is 4.93. The van der Waals surface area contributed by atoms with Gasteiger partial charge in [-0.2, -0.15) is 0 Å². The number of pyridine rings is 1. The Morgan fingerprint density at radius 1 is 1.12 bits per heavy atom. The molecule has 132 valence electrons. The van der Waals surface area contributed by atoms with Gasteiger partial charge in [0.2, 0.25) is 5.91 Å². The van der Waals surface area contributed by atoms with Crippen LogP contribution >= 0.6 is 0 Å². The van der Waals surface area contributed by atoms with Crippen molar-refractivity contribution in [3.63, 3.8) is 0 Å². The van der Waals surface area contributed by atoms with Crippen molar-refractivity contribution in [3.8, 4) is 11.5 Å². The molecule has 0 N–H and O–H groups in total. The molecule has 0 spiro atoms. The lowest BCUT2D eigenvalue weighted by Gasteiger charge is -2.24. The van der Waals surface area contributed by atoms with Gasteiger partial charge in [-0.15, -0.1) is 0 Å². The largest absolute Gasteiger partial charge is 0.493 e. The minimum Gasteiger partial charge on any atom is -0.493 e. The second kappa shape index (κ2) is 7.13. The van der Waals surface area contributed by atoms with Gasteiger partial charge in [0.1, 0.15) is 0 Å². The number of ether oxygens (including phenoxy) is 2. The fourth-order valence-electron chi connectivity index (χ4n) is 3.20. The van der Waals surface area contributed by atoms with Crippen LogP contribution in [-0.2, 0) is 16.6 Å². The number of rotatable bonds is 7. The minimum atomic E-state index is -0.410. The molecule has 1 fully saturated rings. The highest BCUT2D eigenvalue weighted by Crippen LogP contribution is 2.51. The molecule has 0 aliphatic heterocycles. The van der Waals surface area contributed by atoms with Gasteiger partial charge in [-0.05, 0) is 54.7 Å². The summed E-state index contributed by atoms with van der Waals surface area (Å²) in [5.41, 5.74) is 1.78. The van der Waals surface area contributed by atoms with E-state index in [0.717, 1.165) is 24.8 Å². The van der Waals surface area contributed by atoms with Gasteiger partial charge in [0.15, 0.2) is 11.5 Å². The topological polar surface area (TPSA) is 51.7 Å². The molecule has 5 nitrogen and oxygen atoms in total. The molecule has 0 unspecified atom stereocenters. The summed E-state index contributed by atoms with van der Waals surface area (Å²) in [6.07, 6.45) is 6.14. The van der Waals surface area contributed by atoms with Crippen LogP contribution in [0.25, 0.3) is 0 Å². The summed E-state index contributed by atoms with van der Waals surface area (Å²) in [6, 6.07) is 9.75. The van der Waals surface area contributed by atoms with E-state index in [0.29, 0.717) is 18.0 Å². The first-order valence-electron chi connectivity index (χ1n) is 8.48. The zero-order chi connectivity index (χ0) is 17.9. The number of nitrogens with zero attached hydrogens (tertiary/aromatic N) is 2. The Hall–Kier alpha value is -2.56. The standard InChI is InChI=1S/C20H24N2O3/c1-22(13-8-15-6-11-21-12-7-15)19(23)20(9-10-20)16-4-5-17(24-2)18(14-16)25-3/h4-7,11-12,14H,8-10,13H2,1-3H3. The molecule has 0 radical (unpaired) electrons. The normalized spacial score (nSPS) is 14.7. The Morgan fingerprint density at radius 2 is 1.80 bits per heavy atom. The van der Waals surface area contributed by atoms with Crippen LogP contribution < -0.4 is 9.47 Å². The average Bonchev–Trinajstić information content (AvgIpc) is 3.47. The van der Waals surface area contributed by atoms with Crippen LogP contribution in [0.1, 0.15) is 24.0 Å². The summed E-state index contributed by atoms with van der Waals surface area (Å²) >= 11 is 0. The molecule has 1 saturated carbocycles. The van der Waals surface area contributed by atoms with Crippen molar-refractivity contribution in [1.82, 2.24) is 9.88 Å². The van der Waals surface area contributed by atoms with Crippen molar-refractivity contribution < 1.29 is 14.3 Å². The molecule has 1 aromatic carbocycles. The molecule has 0 atom stereocenters. The first-order chi connectivity index (χ1) is 12.1. The summed E-state index contributed by atoms with van der Waals surface area (Å²) in [7, 11) is 5.11. The van der Waals surface area contributed by atoms with Gasteiger partial charge in [-0.1, -0.05) is 6.07 Å². The second-order valence-corrected chi connectivity index (χ2v) is 6.48. The number of amides is 1. The monoisotopic (exact) mass is 340 g/mol. The molecule has 0 saturated heterocycles. The van der Waals surface area contributed by atoms with Crippen molar-refractivity contribution in [1.29, 1.82) is 0 Å². The zero-order valence-corrected chi connectivity index (χ0v) is 15.0. The molecule has 1 aliphatic rings. The van der Waals surface area contributed by atoms with Crippen LogP contribution in [0.15, 0.2) is 42.7 Å². The van der Waals surface area contributed by atoms with Crippen LogP contribution in [0.2, 0.25) is 0 Å². The minimum absolute atomic E-state index is 0.175. The number of hydrogen-bond acceptors (Lipinski definition) is 4. The fourth-order valence-corrected chi connectivity index (χ4v) is 3.20. The number of carbonyl (C=O) groups excluding carboxylic acids is 1. The summed E-state index contributed by atoms with van der Waals surface area (Å²) in [5, 5.41) is 0. The predicted octanol–water partition coefficient (Wildman–Crippen LogP) is 2.83. The summed E-state index contributed by atoms with van der Waals surface area (Å²) < 4.78 is 10.7. The highest BCUT2D eigenvalue weighted by atomic mass is 16.5. The maximum absolute atomic E-state index is 13.0. The molecular weight excluding hydrogens is 316 g/mol. The maximum atomic E-state index is 13.0. The lowest BCUT2D eigenvalue weighted by Crippen LogP contribution is -2.37. The van der Waals surface area contributed by atoms with Crippen LogP contribution in [0.4, 0.5) is 0 Å². The van der Waals surface area contributed by atoms with Crippen LogP contribution in [0.5, 0.6) is 11.5 Å². The molecule has 5 heteroatoms. The number of benzene rings is 1. The quantitative estimate of drug-likeness (QED) is 0.778. The SMILES string of the molecule is COc1ccc(C2(C(=O)N(C)CCc3ccncc3)CC2)cc1OC. The van der Waals surface area contributed by atoms with E-state index in [1.807, 2.05) is 42.3 Å². The van der Waals surface area contributed by atoms with E-state index in [2.05, 4.69) is 4.98 Å². The van der Waals surface area contributed by atoms with Crippen LogP contribution in [0, 0.1) is 0 Å². The van der Waals surface area contributed by atoms with Gasteiger partial charge in [0, 0.05) is 26.0 Å². The number of methoxy groups -OCH3 is 2. The Bertz CT molecular complexity index is 742. The number of carbonyl (C=O) groups is 1. The molecule has 1 aliphatic carbocycles. The van der Waals surface area contributed by atoms with Crippen molar-refractivity contribution in [2.75, 3.05) is 27.8 Å². The van der Waals surface area contributed by atoms with E-state index in [4.69, 9.17) is 9.47 Å². The van der Waals surface area contributed by atoms with Crippen LogP contribution in [0.3, 0.4) is 0 Å². The molecule has 25 heavy (non-hydrogen) atoms. The summed E-state index contributed by atoms with van der Waals surface area (Å²) in [5.74, 6) is 1.52. The van der Waals surface area contributed by atoms with Crippen molar-refractivity contribution in [2.45, 2.75) is 24.7 Å². The zero-order valence-electron chi connectivity index (χ0n) is 15.0. The Balaban J connectivity index is 1.72. The van der Waals surface area contributed by atoms with Gasteiger partial charge in [-0.25, -0.2) is 0 Å². The highest BCUT2D eigenvalue weighted by Gasteiger charge is 2.52. The number of aromatic nitrogens is 1. The van der Waals surface area contributed by atoms with E-state index < -0.39 is 5.41 Å². The molecule has 1 heterocycles. The summed E-state index contributed by atoms with van der Waals surface area (Å²) in [6.45, 7) is 0.692. The van der Waals surface area contributed by atoms with E-state index in [-0.39, 0.29) is 5.91 Å². The van der Waals surface area contributed by atoms with E-state index in [9.17, 15) is 4.79 Å². The van der Waals surface area contributed by atoms with E-state index in [1.165, 1.54) is 5.56 Å². The first kappa shape index (κ1) is 17.3. The smallest absolute Gasteiger partial charge is 0.232 e.